The highest BCUT2D eigenvalue weighted by Gasteiger charge is 2.23. The SMILES string of the molecule is COc1cc2ncnc(N3CCC(CCP(O)(O)=S)CC3)c2cc1OC. The lowest BCUT2D eigenvalue weighted by Crippen LogP contribution is -2.34. The minimum atomic E-state index is -3.08. The van der Waals surface area contributed by atoms with E-state index in [1.807, 2.05) is 12.1 Å². The normalized spacial score (nSPS) is 16.1. The summed E-state index contributed by atoms with van der Waals surface area (Å²) in [5.74, 6) is 2.66. The van der Waals surface area contributed by atoms with Crippen molar-refractivity contribution in [2.24, 2.45) is 5.92 Å². The van der Waals surface area contributed by atoms with Gasteiger partial charge in [-0.05, 0) is 43.1 Å². The molecule has 1 saturated heterocycles. The van der Waals surface area contributed by atoms with Crippen LogP contribution in [-0.4, -0.2) is 53.2 Å². The van der Waals surface area contributed by atoms with Crippen molar-refractivity contribution in [1.29, 1.82) is 0 Å². The lowest BCUT2D eigenvalue weighted by Gasteiger charge is -2.33. The quantitative estimate of drug-likeness (QED) is 0.719. The highest BCUT2D eigenvalue weighted by atomic mass is 32.5. The molecule has 1 aliphatic heterocycles. The number of fused-ring (bicyclic) bond motifs is 1. The molecule has 1 aromatic heterocycles. The van der Waals surface area contributed by atoms with E-state index in [9.17, 15) is 9.79 Å². The monoisotopic (exact) mass is 397 g/mol. The number of rotatable bonds is 6. The Balaban J connectivity index is 1.78. The topological polar surface area (TPSA) is 87.9 Å². The Morgan fingerprint density at radius 2 is 1.81 bits per heavy atom. The maximum absolute atomic E-state index is 9.42. The minimum Gasteiger partial charge on any atom is -0.493 e. The lowest BCUT2D eigenvalue weighted by molar-refractivity contribution is 0.355. The zero-order valence-corrected chi connectivity index (χ0v) is 16.7. The van der Waals surface area contributed by atoms with Crippen molar-refractivity contribution >= 4 is 35.0 Å². The van der Waals surface area contributed by atoms with Crippen molar-refractivity contribution in [3.05, 3.63) is 18.5 Å². The molecule has 0 atom stereocenters. The third-order valence-electron chi connectivity index (χ3n) is 4.86. The summed E-state index contributed by atoms with van der Waals surface area (Å²) in [6.45, 7) is -1.35. The number of hydrogen-bond donors (Lipinski definition) is 2. The Hall–Kier alpha value is -1.47. The number of aromatic nitrogens is 2. The van der Waals surface area contributed by atoms with Crippen molar-refractivity contribution in [2.45, 2.75) is 19.3 Å². The van der Waals surface area contributed by atoms with Crippen LogP contribution in [0.2, 0.25) is 0 Å². The van der Waals surface area contributed by atoms with E-state index in [-0.39, 0.29) is 0 Å². The molecule has 142 valence electrons. The summed E-state index contributed by atoms with van der Waals surface area (Å²) in [6, 6.07) is 3.78. The summed E-state index contributed by atoms with van der Waals surface area (Å²) in [7, 11) is 3.22. The highest BCUT2D eigenvalue weighted by Crippen LogP contribution is 2.39. The van der Waals surface area contributed by atoms with Gasteiger partial charge < -0.3 is 24.2 Å². The summed E-state index contributed by atoms with van der Waals surface area (Å²) in [5, 5.41) is 0.935. The third-order valence-corrected chi connectivity index (χ3v) is 6.25. The fraction of sp³-hybridized carbons (Fsp3) is 0.529. The van der Waals surface area contributed by atoms with Gasteiger partial charge in [-0.25, -0.2) is 9.97 Å². The molecule has 0 aliphatic carbocycles. The maximum Gasteiger partial charge on any atom is 0.183 e. The van der Waals surface area contributed by atoms with Crippen LogP contribution < -0.4 is 14.4 Å². The molecule has 7 nitrogen and oxygen atoms in total. The first-order valence-electron chi connectivity index (χ1n) is 8.57. The number of methoxy groups -OCH3 is 2. The van der Waals surface area contributed by atoms with Gasteiger partial charge in [-0.3, -0.25) is 0 Å². The van der Waals surface area contributed by atoms with E-state index in [1.54, 1.807) is 20.5 Å². The second kappa shape index (κ2) is 8.05. The van der Waals surface area contributed by atoms with Crippen molar-refractivity contribution in [3.63, 3.8) is 0 Å². The molecule has 0 spiro atoms. The number of anilines is 1. The molecule has 9 heteroatoms. The molecule has 0 unspecified atom stereocenters. The molecule has 1 aromatic carbocycles. The van der Waals surface area contributed by atoms with Crippen LogP contribution in [0.3, 0.4) is 0 Å². The van der Waals surface area contributed by atoms with Gasteiger partial charge in [0.15, 0.2) is 18.0 Å². The van der Waals surface area contributed by atoms with Crippen molar-refractivity contribution in [3.8, 4) is 11.5 Å². The Kier molecular flexibility index (Phi) is 5.97. The zero-order chi connectivity index (χ0) is 18.7. The molecule has 2 heterocycles. The smallest absolute Gasteiger partial charge is 0.183 e. The van der Waals surface area contributed by atoms with Crippen LogP contribution in [-0.2, 0) is 11.8 Å². The third kappa shape index (κ3) is 4.43. The predicted molar refractivity (Wildman–Crippen MR) is 106 cm³/mol. The van der Waals surface area contributed by atoms with Crippen molar-refractivity contribution in [1.82, 2.24) is 9.97 Å². The van der Waals surface area contributed by atoms with Gasteiger partial charge in [0.1, 0.15) is 12.1 Å². The Morgan fingerprint density at radius 1 is 1.15 bits per heavy atom. The molecular weight excluding hydrogens is 373 g/mol. The second-order valence-corrected chi connectivity index (χ2v) is 10.1. The molecule has 1 aliphatic rings. The molecule has 0 amide bonds. The first-order chi connectivity index (χ1) is 12.4. The summed E-state index contributed by atoms with van der Waals surface area (Å²) >= 11 is 4.72. The first-order valence-corrected chi connectivity index (χ1v) is 11.5. The van der Waals surface area contributed by atoms with Crippen LogP contribution in [0.5, 0.6) is 11.5 Å². The first kappa shape index (κ1) is 19.3. The fourth-order valence-corrected chi connectivity index (χ4v) is 4.42. The van der Waals surface area contributed by atoms with Crippen LogP contribution in [0.25, 0.3) is 10.9 Å². The average molecular weight is 397 g/mol. The lowest BCUT2D eigenvalue weighted by atomic mass is 9.94. The Morgan fingerprint density at radius 3 is 2.42 bits per heavy atom. The van der Waals surface area contributed by atoms with Gasteiger partial charge >= 0.3 is 0 Å². The van der Waals surface area contributed by atoms with E-state index in [2.05, 4.69) is 14.9 Å². The number of nitrogens with zero attached hydrogens (tertiary/aromatic N) is 3. The standard InChI is InChI=1S/C17H24N3O4PS/c1-23-15-9-13-14(10-16(15)24-2)18-11-19-17(13)20-6-3-12(4-7-20)5-8-25(21,22)26/h9-12H,3-8H2,1-2H3,(H2,21,22,26). The average Bonchev–Trinajstić information content (AvgIpc) is 2.64. The van der Waals surface area contributed by atoms with Gasteiger partial charge in [-0.1, -0.05) is 0 Å². The van der Waals surface area contributed by atoms with Crippen LogP contribution >= 0.6 is 6.49 Å². The molecule has 26 heavy (non-hydrogen) atoms. The van der Waals surface area contributed by atoms with E-state index in [1.165, 1.54) is 0 Å². The van der Waals surface area contributed by atoms with Gasteiger partial charge in [0.25, 0.3) is 0 Å². The highest BCUT2D eigenvalue weighted by molar-refractivity contribution is 8.09. The van der Waals surface area contributed by atoms with Crippen molar-refractivity contribution < 1.29 is 19.3 Å². The molecule has 0 radical (unpaired) electrons. The minimum absolute atomic E-state index is 0.334. The van der Waals surface area contributed by atoms with Gasteiger partial charge in [-0.2, -0.15) is 0 Å². The Labute approximate surface area is 158 Å². The van der Waals surface area contributed by atoms with Crippen LogP contribution in [0.15, 0.2) is 18.5 Å². The molecule has 2 aromatic rings. The van der Waals surface area contributed by atoms with Crippen LogP contribution in [0.4, 0.5) is 5.82 Å². The number of ether oxygens (including phenoxy) is 2. The number of hydrogen-bond acceptors (Lipinski definition) is 6. The molecule has 2 N–H and O–H groups in total. The molecule has 0 saturated carbocycles. The van der Waals surface area contributed by atoms with E-state index in [0.717, 1.165) is 49.1 Å². The van der Waals surface area contributed by atoms with Crippen LogP contribution in [0.1, 0.15) is 19.3 Å². The van der Waals surface area contributed by atoms with Crippen molar-refractivity contribution in [2.75, 3.05) is 38.4 Å². The number of piperidine rings is 1. The largest absolute Gasteiger partial charge is 0.493 e. The van der Waals surface area contributed by atoms with E-state index < -0.39 is 6.49 Å². The summed E-state index contributed by atoms with van der Waals surface area (Å²) in [4.78, 5) is 29.9. The van der Waals surface area contributed by atoms with Crippen LogP contribution in [0, 0.1) is 5.92 Å². The molecule has 0 bridgehead atoms. The maximum atomic E-state index is 9.42. The van der Waals surface area contributed by atoms with Gasteiger partial charge in [0.2, 0.25) is 0 Å². The van der Waals surface area contributed by atoms with Gasteiger partial charge in [-0.15, -0.1) is 0 Å². The van der Waals surface area contributed by atoms with E-state index >= 15 is 0 Å². The Bertz CT molecular complexity index is 821. The van der Waals surface area contributed by atoms with E-state index in [0.29, 0.717) is 23.6 Å². The fourth-order valence-electron chi connectivity index (χ4n) is 3.41. The van der Waals surface area contributed by atoms with Gasteiger partial charge in [0, 0.05) is 30.7 Å². The molecule has 1 fully saturated rings. The summed E-state index contributed by atoms with van der Waals surface area (Å²) in [5.41, 5.74) is 0.816. The van der Waals surface area contributed by atoms with E-state index in [4.69, 9.17) is 21.3 Å². The predicted octanol–water partition coefficient (Wildman–Crippen LogP) is 2.55. The van der Waals surface area contributed by atoms with Gasteiger partial charge in [0.05, 0.1) is 19.7 Å². The number of benzene rings is 1. The zero-order valence-electron chi connectivity index (χ0n) is 15.0. The molecule has 3 rings (SSSR count). The molecular formula is C17H24N3O4PS. The summed E-state index contributed by atoms with van der Waals surface area (Å²) in [6.07, 6.45) is 4.64. The second-order valence-electron chi connectivity index (χ2n) is 6.53. The summed E-state index contributed by atoms with van der Waals surface area (Å²) < 4.78 is 10.8.